The highest BCUT2D eigenvalue weighted by molar-refractivity contribution is 7.18. The number of carbonyl (C=O) groups is 1. The van der Waals surface area contributed by atoms with Gasteiger partial charge in [-0.05, 0) is 19.9 Å². The Kier molecular flexibility index (Phi) is 4.39. The van der Waals surface area contributed by atoms with Crippen LogP contribution in [0.4, 0.5) is 11.8 Å². The number of hydrogen-bond donors (Lipinski definition) is 2. The fraction of sp³-hybridized carbons (Fsp3) is 0.462. The molecule has 2 heterocycles. The number of aromatic nitrogens is 2. The van der Waals surface area contributed by atoms with E-state index >= 15 is 0 Å². The van der Waals surface area contributed by atoms with E-state index in [0.717, 1.165) is 16.0 Å². The average Bonchev–Trinajstić information content (AvgIpc) is 2.83. The lowest BCUT2D eigenvalue weighted by Gasteiger charge is -2.22. The van der Waals surface area contributed by atoms with Gasteiger partial charge in [-0.25, -0.2) is 4.98 Å². The summed E-state index contributed by atoms with van der Waals surface area (Å²) >= 11 is 1.63. The summed E-state index contributed by atoms with van der Waals surface area (Å²) < 4.78 is 0. The molecule has 108 valence electrons. The van der Waals surface area contributed by atoms with Crippen LogP contribution in [0.5, 0.6) is 0 Å². The minimum Gasteiger partial charge on any atom is -0.358 e. The molecule has 0 atom stereocenters. The molecule has 20 heavy (non-hydrogen) atoms. The maximum atomic E-state index is 11.6. The van der Waals surface area contributed by atoms with Crippen LogP contribution in [0.3, 0.4) is 0 Å². The average molecular weight is 293 g/mol. The molecular weight excluding hydrogens is 274 g/mol. The normalized spacial score (nSPS) is 10.6. The van der Waals surface area contributed by atoms with Crippen molar-refractivity contribution in [2.45, 2.75) is 13.8 Å². The first-order chi connectivity index (χ1) is 9.58. The molecule has 2 rings (SSSR count). The zero-order valence-electron chi connectivity index (χ0n) is 12.1. The van der Waals surface area contributed by atoms with Crippen LogP contribution in [0.25, 0.3) is 10.2 Å². The van der Waals surface area contributed by atoms with Gasteiger partial charge in [-0.15, -0.1) is 11.3 Å². The van der Waals surface area contributed by atoms with E-state index in [1.165, 1.54) is 4.88 Å². The summed E-state index contributed by atoms with van der Waals surface area (Å²) in [6, 6.07) is 2.07. The van der Waals surface area contributed by atoms with Crippen LogP contribution < -0.4 is 15.5 Å². The summed E-state index contributed by atoms with van der Waals surface area (Å²) in [6.45, 7) is 5.05. The number of thiophene rings is 1. The molecule has 2 aromatic rings. The molecule has 0 spiro atoms. The summed E-state index contributed by atoms with van der Waals surface area (Å²) in [5.74, 6) is 1.34. The maximum absolute atomic E-state index is 11.6. The van der Waals surface area contributed by atoms with E-state index in [2.05, 4.69) is 26.7 Å². The molecule has 0 aliphatic carbocycles. The van der Waals surface area contributed by atoms with Crippen molar-refractivity contribution >= 4 is 39.2 Å². The Bertz CT molecular complexity index is 624. The van der Waals surface area contributed by atoms with Crippen LogP contribution in [0.1, 0.15) is 11.8 Å². The van der Waals surface area contributed by atoms with Crippen molar-refractivity contribution < 1.29 is 4.79 Å². The highest BCUT2D eigenvalue weighted by Gasteiger charge is 2.17. The van der Waals surface area contributed by atoms with Crippen molar-refractivity contribution in [3.63, 3.8) is 0 Å². The van der Waals surface area contributed by atoms with Gasteiger partial charge in [-0.2, -0.15) is 4.98 Å². The van der Waals surface area contributed by atoms with E-state index in [1.807, 2.05) is 18.7 Å². The summed E-state index contributed by atoms with van der Waals surface area (Å²) in [4.78, 5) is 24.7. The second-order valence-electron chi connectivity index (χ2n) is 4.38. The van der Waals surface area contributed by atoms with Crippen molar-refractivity contribution in [2.24, 2.45) is 0 Å². The molecule has 0 fully saturated rings. The molecule has 0 saturated heterocycles. The Balaban J connectivity index is 2.51. The highest BCUT2D eigenvalue weighted by Crippen LogP contribution is 2.31. The van der Waals surface area contributed by atoms with Crippen molar-refractivity contribution in [2.75, 3.05) is 37.4 Å². The van der Waals surface area contributed by atoms with E-state index < -0.39 is 0 Å². The molecule has 7 heteroatoms. The van der Waals surface area contributed by atoms with Crippen molar-refractivity contribution in [1.29, 1.82) is 0 Å². The van der Waals surface area contributed by atoms with Crippen molar-refractivity contribution in [1.82, 2.24) is 15.3 Å². The third-order valence-electron chi connectivity index (χ3n) is 3.01. The fourth-order valence-electron chi connectivity index (χ4n) is 1.97. The summed E-state index contributed by atoms with van der Waals surface area (Å²) in [6.07, 6.45) is 0. The Morgan fingerprint density at radius 1 is 1.40 bits per heavy atom. The number of rotatable bonds is 5. The predicted octanol–water partition coefficient (Wildman–Crippen LogP) is 1.61. The quantitative estimate of drug-likeness (QED) is 0.876. The zero-order valence-corrected chi connectivity index (χ0v) is 13.0. The number of anilines is 2. The van der Waals surface area contributed by atoms with E-state index in [4.69, 9.17) is 0 Å². The van der Waals surface area contributed by atoms with Crippen molar-refractivity contribution in [3.05, 3.63) is 10.9 Å². The lowest BCUT2D eigenvalue weighted by Crippen LogP contribution is -2.36. The molecular formula is C13H19N5OS. The molecule has 0 radical (unpaired) electrons. The molecule has 0 aliphatic rings. The van der Waals surface area contributed by atoms with Crippen LogP contribution in [0, 0.1) is 6.92 Å². The van der Waals surface area contributed by atoms with Crippen LogP contribution >= 0.6 is 11.3 Å². The second kappa shape index (κ2) is 6.04. The van der Waals surface area contributed by atoms with Gasteiger partial charge in [0.05, 0.1) is 11.9 Å². The van der Waals surface area contributed by atoms with Gasteiger partial charge < -0.3 is 15.5 Å². The van der Waals surface area contributed by atoms with Crippen LogP contribution in [0.2, 0.25) is 0 Å². The van der Waals surface area contributed by atoms with E-state index in [9.17, 15) is 4.79 Å². The number of carbonyl (C=O) groups excluding carboxylic acids is 1. The van der Waals surface area contributed by atoms with Crippen LogP contribution in [-0.4, -0.2) is 43.1 Å². The molecule has 1 amide bonds. The SMILES string of the molecule is CCN(CC(=O)NC)c1nc(NC)nc2sc(C)cc12. The smallest absolute Gasteiger partial charge is 0.239 e. The predicted molar refractivity (Wildman–Crippen MR) is 83.7 cm³/mol. The highest BCUT2D eigenvalue weighted by atomic mass is 32.1. The minimum atomic E-state index is -0.0310. The van der Waals surface area contributed by atoms with Gasteiger partial charge in [0, 0.05) is 25.5 Å². The Hall–Kier alpha value is -1.89. The lowest BCUT2D eigenvalue weighted by molar-refractivity contribution is -0.119. The Morgan fingerprint density at radius 3 is 2.75 bits per heavy atom. The number of likely N-dealkylation sites (N-methyl/N-ethyl adjacent to an activating group) is 2. The molecule has 0 bridgehead atoms. The number of fused-ring (bicyclic) bond motifs is 1. The third-order valence-corrected chi connectivity index (χ3v) is 3.96. The summed E-state index contributed by atoms with van der Waals surface area (Å²) in [7, 11) is 3.43. The van der Waals surface area contributed by atoms with E-state index in [0.29, 0.717) is 12.5 Å². The second-order valence-corrected chi connectivity index (χ2v) is 5.62. The largest absolute Gasteiger partial charge is 0.358 e. The van der Waals surface area contributed by atoms with Gasteiger partial charge >= 0.3 is 0 Å². The topological polar surface area (TPSA) is 70.2 Å². The Labute approximate surface area is 122 Å². The number of aryl methyl sites for hydroxylation is 1. The van der Waals surface area contributed by atoms with Gasteiger partial charge in [0.2, 0.25) is 11.9 Å². The number of nitrogens with zero attached hydrogens (tertiary/aromatic N) is 3. The molecule has 0 unspecified atom stereocenters. The molecule has 2 aromatic heterocycles. The monoisotopic (exact) mass is 293 g/mol. The molecule has 0 saturated carbocycles. The fourth-order valence-corrected chi connectivity index (χ4v) is 2.84. The first kappa shape index (κ1) is 14.5. The van der Waals surface area contributed by atoms with Gasteiger partial charge in [-0.3, -0.25) is 4.79 Å². The van der Waals surface area contributed by atoms with Gasteiger partial charge in [-0.1, -0.05) is 0 Å². The third kappa shape index (κ3) is 2.82. The Morgan fingerprint density at radius 2 is 2.15 bits per heavy atom. The maximum Gasteiger partial charge on any atom is 0.239 e. The molecule has 0 aliphatic heterocycles. The standard InChI is InChI=1S/C13H19N5OS/c1-5-18(7-10(19)14-3)11-9-6-8(2)20-12(9)17-13(15-4)16-11/h6H,5,7H2,1-4H3,(H,14,19)(H,15,16,17). The summed E-state index contributed by atoms with van der Waals surface area (Å²) in [5, 5.41) is 6.61. The number of hydrogen-bond acceptors (Lipinski definition) is 6. The van der Waals surface area contributed by atoms with Gasteiger partial charge in [0.1, 0.15) is 10.6 Å². The van der Waals surface area contributed by atoms with E-state index in [1.54, 1.807) is 25.4 Å². The molecule has 2 N–H and O–H groups in total. The number of amides is 1. The van der Waals surface area contributed by atoms with Crippen LogP contribution in [0.15, 0.2) is 6.07 Å². The van der Waals surface area contributed by atoms with Crippen molar-refractivity contribution in [3.8, 4) is 0 Å². The van der Waals surface area contributed by atoms with Crippen LogP contribution in [-0.2, 0) is 4.79 Å². The minimum absolute atomic E-state index is 0.0310. The first-order valence-electron chi connectivity index (χ1n) is 6.50. The van der Waals surface area contributed by atoms with Gasteiger partial charge in [0.15, 0.2) is 0 Å². The number of nitrogens with one attached hydrogen (secondary N) is 2. The first-order valence-corrected chi connectivity index (χ1v) is 7.32. The zero-order chi connectivity index (χ0) is 14.7. The molecule has 0 aromatic carbocycles. The van der Waals surface area contributed by atoms with Gasteiger partial charge in [0.25, 0.3) is 0 Å². The van der Waals surface area contributed by atoms with E-state index in [-0.39, 0.29) is 12.5 Å². The molecule has 6 nitrogen and oxygen atoms in total. The summed E-state index contributed by atoms with van der Waals surface area (Å²) in [5.41, 5.74) is 0. The lowest BCUT2D eigenvalue weighted by atomic mass is 10.3.